The molecule has 4 atom stereocenters. The third-order valence-electron chi connectivity index (χ3n) is 6.60. The number of hydrogen-bond acceptors (Lipinski definition) is 4. The molecular weight excluding hydrogens is 663 g/mol. The number of thiazole rings is 1. The van der Waals surface area contributed by atoms with Crippen molar-refractivity contribution in [3.63, 3.8) is 0 Å². The molecule has 0 saturated carbocycles. The summed E-state index contributed by atoms with van der Waals surface area (Å²) in [6.45, 7) is 4.12. The van der Waals surface area contributed by atoms with Crippen LogP contribution in [0.3, 0.4) is 0 Å². The molecular formula is C28H33IN2OP4S. The monoisotopic (exact) mass is 696 g/mol. The number of aromatic nitrogens is 1. The average molecular weight is 696 g/mol. The number of hydrogen-bond donors (Lipinski definition) is 1. The molecule has 3 aromatic carbocycles. The summed E-state index contributed by atoms with van der Waals surface area (Å²) in [4.78, 5) is 4.63. The van der Waals surface area contributed by atoms with E-state index in [1.807, 2.05) is 6.92 Å². The van der Waals surface area contributed by atoms with Crippen LogP contribution >= 0.6 is 63.0 Å². The molecule has 0 fully saturated rings. The summed E-state index contributed by atoms with van der Waals surface area (Å²) in [5.74, 6) is 0. The van der Waals surface area contributed by atoms with Crippen LogP contribution in [0.4, 0.5) is 0 Å². The Kier molecular flexibility index (Phi) is 10.1. The van der Waals surface area contributed by atoms with Crippen LogP contribution < -0.4 is 21.6 Å². The maximum atomic E-state index is 7.06. The molecule has 1 aromatic heterocycles. The van der Waals surface area contributed by atoms with Crippen molar-refractivity contribution in [1.29, 1.82) is 0 Å². The average Bonchev–Trinajstić information content (AvgIpc) is 3.33. The van der Waals surface area contributed by atoms with Crippen LogP contribution in [0.1, 0.15) is 17.6 Å². The second-order valence-electron chi connectivity index (χ2n) is 9.08. The molecule has 0 saturated heterocycles. The molecule has 4 rings (SSSR count). The Balaban J connectivity index is 1.92. The fourth-order valence-corrected chi connectivity index (χ4v) is 15.8. The molecule has 37 heavy (non-hydrogen) atoms. The molecule has 0 aliphatic heterocycles. The molecule has 1 heterocycles. The third-order valence-corrected chi connectivity index (χ3v) is 20.0. The van der Waals surface area contributed by atoms with E-state index in [0.717, 1.165) is 22.4 Å². The molecule has 4 unspecified atom stereocenters. The van der Waals surface area contributed by atoms with Crippen molar-refractivity contribution in [2.24, 2.45) is 5.73 Å². The van der Waals surface area contributed by atoms with Crippen molar-refractivity contribution in [3.8, 4) is 0 Å². The quantitative estimate of drug-likeness (QED) is 0.139. The number of aryl methyl sites for hydroxylation is 1. The van der Waals surface area contributed by atoms with Gasteiger partial charge in [0.2, 0.25) is 0 Å². The van der Waals surface area contributed by atoms with Gasteiger partial charge in [-0.15, -0.1) is 0 Å². The SMILES string of the molecule is CC(=Cc1csc(C)n1)C(N)C(CP(I)(c1ccccc1)(c1ccccc1)c1ccccc1)OP(P)P. The number of nitrogens with zero attached hydrogens (tertiary/aromatic N) is 1. The molecule has 2 N–H and O–H groups in total. The molecule has 3 nitrogen and oxygen atoms in total. The van der Waals surface area contributed by atoms with Gasteiger partial charge in [-0.25, -0.2) is 0 Å². The molecule has 0 aliphatic carbocycles. The summed E-state index contributed by atoms with van der Waals surface area (Å²) in [6.07, 6.45) is 2.66. The predicted molar refractivity (Wildman–Crippen MR) is 184 cm³/mol. The number of rotatable bonds is 10. The minimum atomic E-state index is -3.06. The van der Waals surface area contributed by atoms with E-state index in [-0.39, 0.29) is 12.1 Å². The van der Waals surface area contributed by atoms with Gasteiger partial charge in [0.1, 0.15) is 0 Å². The second-order valence-corrected chi connectivity index (χ2v) is 26.6. The Hall–Kier alpha value is -0.600. The Morgan fingerprint density at radius 3 is 1.81 bits per heavy atom. The Morgan fingerprint density at radius 1 is 0.973 bits per heavy atom. The van der Waals surface area contributed by atoms with Gasteiger partial charge in [-0.1, -0.05) is 0 Å². The Bertz CT molecular complexity index is 1240. The van der Waals surface area contributed by atoms with E-state index in [2.05, 4.69) is 154 Å². The van der Waals surface area contributed by atoms with Gasteiger partial charge in [0.05, 0.1) is 0 Å². The maximum absolute atomic E-state index is 7.06. The molecule has 194 valence electrons. The first-order valence-electron chi connectivity index (χ1n) is 11.9. The van der Waals surface area contributed by atoms with Crippen molar-refractivity contribution in [3.05, 3.63) is 113 Å². The molecule has 9 heteroatoms. The van der Waals surface area contributed by atoms with E-state index >= 15 is 0 Å². The second kappa shape index (κ2) is 12.7. The first-order valence-corrected chi connectivity index (χ1v) is 22.5. The summed E-state index contributed by atoms with van der Waals surface area (Å²) in [5, 5.41) is 7.09. The fraction of sp³-hybridized carbons (Fsp3) is 0.179. The minimum absolute atomic E-state index is 0.215. The van der Waals surface area contributed by atoms with E-state index in [9.17, 15) is 0 Å². The van der Waals surface area contributed by atoms with Crippen molar-refractivity contribution in [1.82, 2.24) is 4.98 Å². The van der Waals surface area contributed by atoms with Crippen LogP contribution in [0.25, 0.3) is 6.08 Å². The van der Waals surface area contributed by atoms with Gasteiger partial charge >= 0.3 is 245 Å². The summed E-state index contributed by atoms with van der Waals surface area (Å²) in [6, 6.07) is 32.5. The van der Waals surface area contributed by atoms with Gasteiger partial charge in [-0.05, 0) is 0 Å². The van der Waals surface area contributed by atoms with Crippen molar-refractivity contribution in [2.75, 3.05) is 6.16 Å². The van der Waals surface area contributed by atoms with Crippen LogP contribution in [0.5, 0.6) is 0 Å². The molecule has 0 spiro atoms. The molecule has 0 aliphatic rings. The van der Waals surface area contributed by atoms with E-state index in [0.29, 0.717) is 0 Å². The number of halogens is 1. The summed E-state index contributed by atoms with van der Waals surface area (Å²) < 4.78 is 3.64. The zero-order chi connectivity index (χ0) is 26.5. The first kappa shape index (κ1) is 29.4. The van der Waals surface area contributed by atoms with Crippen molar-refractivity contribution in [2.45, 2.75) is 26.0 Å². The number of nitrogens with two attached hydrogens (primary N) is 1. The van der Waals surface area contributed by atoms with Gasteiger partial charge in [-0.3, -0.25) is 0 Å². The van der Waals surface area contributed by atoms with E-state index in [1.165, 1.54) is 15.9 Å². The predicted octanol–water partition coefficient (Wildman–Crippen LogP) is 7.42. The molecule has 0 radical (unpaired) electrons. The fourth-order valence-electron chi connectivity index (χ4n) is 4.76. The summed E-state index contributed by atoms with van der Waals surface area (Å²) in [7, 11) is 4.83. The van der Waals surface area contributed by atoms with Crippen LogP contribution in [0, 0.1) is 6.92 Å². The van der Waals surface area contributed by atoms with Crippen LogP contribution in [-0.4, -0.2) is 23.3 Å². The van der Waals surface area contributed by atoms with Crippen molar-refractivity contribution < 1.29 is 4.52 Å². The third kappa shape index (κ3) is 6.42. The molecule has 0 amide bonds. The topological polar surface area (TPSA) is 48.1 Å². The van der Waals surface area contributed by atoms with Gasteiger partial charge in [0.15, 0.2) is 0 Å². The van der Waals surface area contributed by atoms with Gasteiger partial charge in [-0.2, -0.15) is 0 Å². The summed E-state index contributed by atoms with van der Waals surface area (Å²) >= 11 is 4.46. The number of benzene rings is 3. The van der Waals surface area contributed by atoms with Crippen molar-refractivity contribution >= 4 is 85.0 Å². The van der Waals surface area contributed by atoms with E-state index < -0.39 is 11.8 Å². The van der Waals surface area contributed by atoms with E-state index in [4.69, 9.17) is 10.3 Å². The zero-order valence-electron chi connectivity index (χ0n) is 20.9. The Labute approximate surface area is 243 Å². The van der Waals surface area contributed by atoms with Gasteiger partial charge < -0.3 is 0 Å². The molecule has 4 aromatic rings. The first-order chi connectivity index (χ1) is 17.7. The van der Waals surface area contributed by atoms with Crippen LogP contribution in [0.15, 0.2) is 102 Å². The van der Waals surface area contributed by atoms with Crippen LogP contribution in [0.2, 0.25) is 0 Å². The van der Waals surface area contributed by atoms with Crippen LogP contribution in [-0.2, 0) is 4.52 Å². The standard InChI is InChI=1S/C28H33IN2OP4S/c1-21(18-23-20-37-22(2)31-23)28(30)27(32-35(33)34)19-36(29,24-12-6-3-7-13-24,25-14-8-4-9-15-25)26-16-10-5-11-17-26/h3-18,20,27-28H,19,30,33-34H2,1-2H3. The van der Waals surface area contributed by atoms with E-state index in [1.54, 1.807) is 11.3 Å². The van der Waals surface area contributed by atoms with Gasteiger partial charge in [0, 0.05) is 0 Å². The van der Waals surface area contributed by atoms with Gasteiger partial charge in [0.25, 0.3) is 0 Å². The summed E-state index contributed by atoms with van der Waals surface area (Å²) in [5.41, 5.74) is 9.08. The normalized spacial score (nSPS) is 15.2. The molecule has 0 bridgehead atoms. The Morgan fingerprint density at radius 2 is 1.43 bits per heavy atom. The zero-order valence-corrected chi connectivity index (χ0v) is 28.0.